The van der Waals surface area contributed by atoms with E-state index in [1.165, 1.54) is 0 Å². The minimum Gasteiger partial charge on any atom is -0.270 e. The third-order valence-electron chi connectivity index (χ3n) is 3.05. The van der Waals surface area contributed by atoms with Crippen molar-refractivity contribution in [1.29, 1.82) is 0 Å². The van der Waals surface area contributed by atoms with Gasteiger partial charge in [0.15, 0.2) is 0 Å². The molecule has 2 aromatic rings. The number of sulfonamides is 1. The van der Waals surface area contributed by atoms with E-state index in [0.29, 0.717) is 19.5 Å². The molecule has 2 rings (SSSR count). The number of hydrogen-bond acceptors (Lipinski definition) is 3. The van der Waals surface area contributed by atoms with Crippen LogP contribution in [0.3, 0.4) is 0 Å². The third kappa shape index (κ3) is 4.39. The predicted octanol–water partition coefficient (Wildman–Crippen LogP) is 2.63. The molecule has 0 aliphatic heterocycles. The van der Waals surface area contributed by atoms with Gasteiger partial charge >= 0.3 is 0 Å². The molecule has 1 N–H and O–H groups in total. The lowest BCUT2D eigenvalue weighted by Gasteiger charge is -2.08. The summed E-state index contributed by atoms with van der Waals surface area (Å²) in [4.78, 5) is 0.267. The number of aromatic nitrogens is 2. The second kappa shape index (κ2) is 6.72. The quantitative estimate of drug-likeness (QED) is 0.793. The van der Waals surface area contributed by atoms with Gasteiger partial charge in [-0.15, -0.1) is 0 Å². The van der Waals surface area contributed by atoms with Gasteiger partial charge in [-0.1, -0.05) is 22.0 Å². The first-order valence-electron chi connectivity index (χ1n) is 6.65. The van der Waals surface area contributed by atoms with Crippen molar-refractivity contribution in [2.24, 2.45) is 0 Å². The standard InChI is InChI=1S/C14H18BrN3O2S/c1-11-9-12(2)18(17-11)8-4-7-16-21(19,20)14-6-3-5-13(15)10-14/h3,5-6,9-10,16H,4,7-8H2,1-2H3. The molecule has 0 aliphatic rings. The maximum Gasteiger partial charge on any atom is 0.240 e. The number of hydrogen-bond donors (Lipinski definition) is 1. The summed E-state index contributed by atoms with van der Waals surface area (Å²) in [6.45, 7) is 5.01. The second-order valence-corrected chi connectivity index (χ2v) is 7.54. The number of halogens is 1. The molecule has 0 bridgehead atoms. The van der Waals surface area contributed by atoms with Crippen LogP contribution in [0.25, 0.3) is 0 Å². The highest BCUT2D eigenvalue weighted by Crippen LogP contribution is 2.15. The van der Waals surface area contributed by atoms with E-state index in [1.807, 2.05) is 24.6 Å². The Morgan fingerprint density at radius 3 is 2.67 bits per heavy atom. The van der Waals surface area contributed by atoms with E-state index in [0.717, 1.165) is 15.9 Å². The van der Waals surface area contributed by atoms with Gasteiger partial charge in [0.2, 0.25) is 10.0 Å². The molecule has 0 amide bonds. The first kappa shape index (κ1) is 16.2. The molecule has 0 fully saturated rings. The highest BCUT2D eigenvalue weighted by atomic mass is 79.9. The van der Waals surface area contributed by atoms with E-state index in [9.17, 15) is 8.42 Å². The molecular formula is C14H18BrN3O2S. The molecule has 0 saturated carbocycles. The van der Waals surface area contributed by atoms with E-state index in [1.54, 1.807) is 24.3 Å². The van der Waals surface area contributed by atoms with Gasteiger partial charge in [0.25, 0.3) is 0 Å². The van der Waals surface area contributed by atoms with Crippen LogP contribution in [-0.4, -0.2) is 24.7 Å². The average Bonchev–Trinajstić information content (AvgIpc) is 2.73. The van der Waals surface area contributed by atoms with Gasteiger partial charge in [0, 0.05) is 23.3 Å². The normalized spacial score (nSPS) is 11.8. The largest absolute Gasteiger partial charge is 0.270 e. The molecule has 0 aliphatic carbocycles. The van der Waals surface area contributed by atoms with E-state index in [2.05, 4.69) is 25.8 Å². The Morgan fingerprint density at radius 1 is 1.29 bits per heavy atom. The lowest BCUT2D eigenvalue weighted by molar-refractivity contribution is 0.544. The fraction of sp³-hybridized carbons (Fsp3) is 0.357. The first-order valence-corrected chi connectivity index (χ1v) is 8.92. The van der Waals surface area contributed by atoms with Crippen LogP contribution in [0.5, 0.6) is 0 Å². The SMILES string of the molecule is Cc1cc(C)n(CCCNS(=O)(=O)c2cccc(Br)c2)n1. The van der Waals surface area contributed by atoms with E-state index >= 15 is 0 Å². The van der Waals surface area contributed by atoms with Gasteiger partial charge in [0.1, 0.15) is 0 Å². The van der Waals surface area contributed by atoms with Crippen molar-refractivity contribution in [2.75, 3.05) is 6.54 Å². The Balaban J connectivity index is 1.89. The summed E-state index contributed by atoms with van der Waals surface area (Å²) in [7, 11) is -3.45. The lowest BCUT2D eigenvalue weighted by atomic mass is 10.4. The highest BCUT2D eigenvalue weighted by Gasteiger charge is 2.13. The Hall–Kier alpha value is -1.18. The molecule has 1 aromatic carbocycles. The lowest BCUT2D eigenvalue weighted by Crippen LogP contribution is -2.25. The van der Waals surface area contributed by atoms with E-state index in [4.69, 9.17) is 0 Å². The molecule has 1 aromatic heterocycles. The van der Waals surface area contributed by atoms with Gasteiger partial charge in [-0.25, -0.2) is 13.1 Å². The van der Waals surface area contributed by atoms with Crippen molar-refractivity contribution in [1.82, 2.24) is 14.5 Å². The number of rotatable bonds is 6. The molecule has 0 spiro atoms. The number of benzene rings is 1. The van der Waals surface area contributed by atoms with Crippen LogP contribution in [0.4, 0.5) is 0 Å². The molecule has 1 heterocycles. The average molecular weight is 372 g/mol. The summed E-state index contributed by atoms with van der Waals surface area (Å²) in [6.07, 6.45) is 0.690. The minimum absolute atomic E-state index is 0.267. The number of aryl methyl sites for hydroxylation is 3. The van der Waals surface area contributed by atoms with Crippen LogP contribution in [0.2, 0.25) is 0 Å². The zero-order valence-electron chi connectivity index (χ0n) is 12.0. The molecule has 0 radical (unpaired) electrons. The van der Waals surface area contributed by atoms with Crippen LogP contribution < -0.4 is 4.72 Å². The molecular weight excluding hydrogens is 354 g/mol. The summed E-state index contributed by atoms with van der Waals surface area (Å²) in [5.74, 6) is 0. The maximum absolute atomic E-state index is 12.1. The Bertz CT molecular complexity index is 726. The smallest absolute Gasteiger partial charge is 0.240 e. The van der Waals surface area contributed by atoms with Crippen molar-refractivity contribution in [3.8, 4) is 0 Å². The monoisotopic (exact) mass is 371 g/mol. The fourth-order valence-corrected chi connectivity index (χ4v) is 3.72. The Labute approximate surface area is 133 Å². The summed E-state index contributed by atoms with van der Waals surface area (Å²) in [5, 5.41) is 4.35. The minimum atomic E-state index is -3.45. The highest BCUT2D eigenvalue weighted by molar-refractivity contribution is 9.10. The predicted molar refractivity (Wildman–Crippen MR) is 85.6 cm³/mol. The summed E-state index contributed by atoms with van der Waals surface area (Å²) in [5.41, 5.74) is 2.06. The van der Waals surface area contributed by atoms with Gasteiger partial charge < -0.3 is 0 Å². The van der Waals surface area contributed by atoms with Gasteiger partial charge in [-0.05, 0) is 44.5 Å². The van der Waals surface area contributed by atoms with Crippen molar-refractivity contribution >= 4 is 26.0 Å². The fourth-order valence-electron chi connectivity index (χ4n) is 2.05. The van der Waals surface area contributed by atoms with Gasteiger partial charge in [0.05, 0.1) is 10.6 Å². The summed E-state index contributed by atoms with van der Waals surface area (Å²) < 4.78 is 29.5. The summed E-state index contributed by atoms with van der Waals surface area (Å²) in [6, 6.07) is 8.67. The zero-order valence-corrected chi connectivity index (χ0v) is 14.4. The van der Waals surface area contributed by atoms with Crippen LogP contribution >= 0.6 is 15.9 Å². The number of nitrogens with zero attached hydrogens (tertiary/aromatic N) is 2. The summed E-state index contributed by atoms with van der Waals surface area (Å²) >= 11 is 3.27. The maximum atomic E-state index is 12.1. The molecule has 114 valence electrons. The van der Waals surface area contributed by atoms with Crippen molar-refractivity contribution in [3.05, 3.63) is 46.2 Å². The van der Waals surface area contributed by atoms with Crippen LogP contribution in [0.15, 0.2) is 39.7 Å². The third-order valence-corrected chi connectivity index (χ3v) is 5.00. The zero-order chi connectivity index (χ0) is 15.5. The molecule has 0 saturated heterocycles. The Morgan fingerprint density at radius 2 is 2.05 bits per heavy atom. The van der Waals surface area contributed by atoms with Gasteiger partial charge in [-0.3, -0.25) is 4.68 Å². The van der Waals surface area contributed by atoms with Gasteiger partial charge in [-0.2, -0.15) is 5.10 Å². The van der Waals surface area contributed by atoms with Crippen LogP contribution in [0, 0.1) is 13.8 Å². The Kier molecular flexibility index (Phi) is 5.18. The molecule has 21 heavy (non-hydrogen) atoms. The van der Waals surface area contributed by atoms with Crippen molar-refractivity contribution < 1.29 is 8.42 Å². The van der Waals surface area contributed by atoms with E-state index in [-0.39, 0.29) is 4.90 Å². The molecule has 5 nitrogen and oxygen atoms in total. The second-order valence-electron chi connectivity index (χ2n) is 4.86. The van der Waals surface area contributed by atoms with Crippen LogP contribution in [0.1, 0.15) is 17.8 Å². The first-order chi connectivity index (χ1) is 9.88. The van der Waals surface area contributed by atoms with Crippen molar-refractivity contribution in [2.45, 2.75) is 31.7 Å². The van der Waals surface area contributed by atoms with Crippen molar-refractivity contribution in [3.63, 3.8) is 0 Å². The molecule has 0 unspecified atom stereocenters. The molecule has 7 heteroatoms. The van der Waals surface area contributed by atoms with E-state index < -0.39 is 10.0 Å². The number of nitrogens with one attached hydrogen (secondary N) is 1. The topological polar surface area (TPSA) is 64.0 Å². The van der Waals surface area contributed by atoms with Crippen LogP contribution in [-0.2, 0) is 16.6 Å². The molecule has 0 atom stereocenters.